The molecule has 0 bridgehead atoms. The third-order valence-electron chi connectivity index (χ3n) is 3.20. The monoisotopic (exact) mass is 320 g/mol. The van der Waals surface area contributed by atoms with E-state index in [-0.39, 0.29) is 12.1 Å². The Morgan fingerprint density at radius 2 is 2.09 bits per heavy atom. The van der Waals surface area contributed by atoms with Gasteiger partial charge in [0.25, 0.3) is 0 Å². The lowest BCUT2D eigenvalue weighted by Gasteiger charge is -2.17. The van der Waals surface area contributed by atoms with Crippen LogP contribution in [0.1, 0.15) is 16.5 Å². The molecular weight excluding hydrogens is 300 g/mol. The van der Waals surface area contributed by atoms with Crippen LogP contribution in [-0.2, 0) is 11.3 Å². The molecule has 1 atom stereocenters. The fourth-order valence-electron chi connectivity index (χ4n) is 2.01. The lowest BCUT2D eigenvalue weighted by molar-refractivity contribution is 0.104. The summed E-state index contributed by atoms with van der Waals surface area (Å²) < 4.78 is 10.6. The minimum absolute atomic E-state index is 0.210. The maximum absolute atomic E-state index is 11.8. The fraction of sp³-hybridized carbons (Fsp3) is 0.312. The van der Waals surface area contributed by atoms with Crippen molar-refractivity contribution >= 4 is 17.4 Å². The highest BCUT2D eigenvalue weighted by atomic mass is 32.1. The van der Waals surface area contributed by atoms with Gasteiger partial charge in [-0.2, -0.15) is 0 Å². The Kier molecular flexibility index (Phi) is 6.24. The summed E-state index contributed by atoms with van der Waals surface area (Å²) >= 11 is 1.61. The quantitative estimate of drug-likeness (QED) is 0.824. The van der Waals surface area contributed by atoms with E-state index in [1.54, 1.807) is 25.6 Å². The van der Waals surface area contributed by atoms with Gasteiger partial charge in [-0.3, -0.25) is 0 Å². The average Bonchev–Trinajstić information content (AvgIpc) is 3.07. The molecule has 2 aromatic rings. The van der Waals surface area contributed by atoms with Crippen LogP contribution in [0.15, 0.2) is 41.8 Å². The van der Waals surface area contributed by atoms with Crippen molar-refractivity contribution < 1.29 is 14.3 Å². The third-order valence-corrected chi connectivity index (χ3v) is 4.08. The number of amides is 2. The van der Waals surface area contributed by atoms with Crippen molar-refractivity contribution in [3.63, 3.8) is 0 Å². The van der Waals surface area contributed by atoms with Gasteiger partial charge in [-0.25, -0.2) is 4.79 Å². The molecule has 1 aromatic heterocycles. The number of nitrogens with one attached hydrogen (secondary N) is 2. The minimum atomic E-state index is -0.220. The average molecular weight is 320 g/mol. The van der Waals surface area contributed by atoms with Crippen molar-refractivity contribution in [3.05, 3.63) is 52.2 Å². The molecule has 6 heteroatoms. The molecule has 1 heterocycles. The predicted molar refractivity (Wildman–Crippen MR) is 87.3 cm³/mol. The fourth-order valence-corrected chi connectivity index (χ4v) is 2.65. The van der Waals surface area contributed by atoms with Gasteiger partial charge in [0.1, 0.15) is 5.75 Å². The van der Waals surface area contributed by atoms with Crippen molar-refractivity contribution in [3.8, 4) is 5.75 Å². The Labute approximate surface area is 134 Å². The molecule has 0 aliphatic rings. The Morgan fingerprint density at radius 3 is 2.77 bits per heavy atom. The van der Waals surface area contributed by atoms with Crippen LogP contribution >= 0.6 is 11.3 Å². The van der Waals surface area contributed by atoms with Gasteiger partial charge in [0, 0.05) is 18.5 Å². The number of thiophene rings is 1. The SMILES string of the molecule is COc1cccc([C@@H](CNC(=O)NCc2cccs2)OC)c1. The first kappa shape index (κ1) is 16.3. The van der Waals surface area contributed by atoms with Gasteiger partial charge in [0.05, 0.1) is 19.8 Å². The molecule has 0 aliphatic heterocycles. The van der Waals surface area contributed by atoms with E-state index in [9.17, 15) is 4.79 Å². The highest BCUT2D eigenvalue weighted by Crippen LogP contribution is 2.20. The molecule has 2 rings (SSSR count). The maximum atomic E-state index is 11.8. The van der Waals surface area contributed by atoms with Gasteiger partial charge in [0.15, 0.2) is 0 Å². The van der Waals surface area contributed by atoms with Crippen LogP contribution in [0.2, 0.25) is 0 Å². The number of methoxy groups -OCH3 is 2. The van der Waals surface area contributed by atoms with E-state index in [1.807, 2.05) is 41.8 Å². The molecule has 0 fully saturated rings. The first-order chi connectivity index (χ1) is 10.7. The zero-order valence-corrected chi connectivity index (χ0v) is 13.5. The Morgan fingerprint density at radius 1 is 1.23 bits per heavy atom. The van der Waals surface area contributed by atoms with Crippen LogP contribution in [0.25, 0.3) is 0 Å². The van der Waals surface area contributed by atoms with Crippen molar-refractivity contribution in [2.24, 2.45) is 0 Å². The lowest BCUT2D eigenvalue weighted by atomic mass is 10.1. The van der Waals surface area contributed by atoms with Gasteiger partial charge in [0.2, 0.25) is 0 Å². The van der Waals surface area contributed by atoms with Crippen LogP contribution in [0, 0.1) is 0 Å². The molecular formula is C16H20N2O3S. The molecule has 0 spiro atoms. The largest absolute Gasteiger partial charge is 0.497 e. The standard InChI is InChI=1S/C16H20N2O3S/c1-20-13-6-3-5-12(9-13)15(21-2)11-18-16(19)17-10-14-7-4-8-22-14/h3-9,15H,10-11H2,1-2H3,(H2,17,18,19)/t15-/m1/s1. The van der Waals surface area contributed by atoms with Crippen LogP contribution < -0.4 is 15.4 Å². The van der Waals surface area contributed by atoms with Gasteiger partial charge in [-0.15, -0.1) is 11.3 Å². The molecule has 0 saturated carbocycles. The molecule has 2 N–H and O–H groups in total. The molecule has 0 saturated heterocycles. The summed E-state index contributed by atoms with van der Waals surface area (Å²) in [6.45, 7) is 0.917. The van der Waals surface area contributed by atoms with E-state index < -0.39 is 0 Å². The summed E-state index contributed by atoms with van der Waals surface area (Å²) in [6, 6.07) is 11.4. The van der Waals surface area contributed by atoms with E-state index in [2.05, 4.69) is 10.6 Å². The van der Waals surface area contributed by atoms with Gasteiger partial charge >= 0.3 is 6.03 Å². The number of urea groups is 1. The summed E-state index contributed by atoms with van der Waals surface area (Å²) in [5, 5.41) is 7.62. The van der Waals surface area contributed by atoms with Crippen LogP contribution in [-0.4, -0.2) is 26.8 Å². The van der Waals surface area contributed by atoms with E-state index in [4.69, 9.17) is 9.47 Å². The maximum Gasteiger partial charge on any atom is 0.315 e. The Hall–Kier alpha value is -2.05. The van der Waals surface area contributed by atoms with Crippen LogP contribution in [0.3, 0.4) is 0 Å². The zero-order chi connectivity index (χ0) is 15.8. The van der Waals surface area contributed by atoms with Crippen molar-refractivity contribution in [2.75, 3.05) is 20.8 Å². The molecule has 5 nitrogen and oxygen atoms in total. The second-order valence-electron chi connectivity index (χ2n) is 4.64. The Balaban J connectivity index is 1.83. The second kappa shape index (κ2) is 8.41. The number of rotatable bonds is 7. The van der Waals surface area contributed by atoms with E-state index in [1.165, 1.54) is 0 Å². The summed E-state index contributed by atoms with van der Waals surface area (Å²) in [6.07, 6.45) is -0.220. The van der Waals surface area contributed by atoms with E-state index >= 15 is 0 Å². The van der Waals surface area contributed by atoms with Crippen LogP contribution in [0.5, 0.6) is 5.75 Å². The highest BCUT2D eigenvalue weighted by molar-refractivity contribution is 7.09. The van der Waals surface area contributed by atoms with Gasteiger partial charge in [-0.1, -0.05) is 18.2 Å². The number of carbonyl (C=O) groups excluding carboxylic acids is 1. The number of hydrogen-bond acceptors (Lipinski definition) is 4. The van der Waals surface area contributed by atoms with Crippen molar-refractivity contribution in [1.82, 2.24) is 10.6 Å². The number of ether oxygens (including phenoxy) is 2. The van der Waals surface area contributed by atoms with E-state index in [0.717, 1.165) is 16.2 Å². The smallest absolute Gasteiger partial charge is 0.315 e. The zero-order valence-electron chi connectivity index (χ0n) is 12.7. The summed E-state index contributed by atoms with van der Waals surface area (Å²) in [5.74, 6) is 0.765. The third kappa shape index (κ3) is 4.75. The Bertz CT molecular complexity index is 587. The van der Waals surface area contributed by atoms with Gasteiger partial charge < -0.3 is 20.1 Å². The predicted octanol–water partition coefficient (Wildman–Crippen LogP) is 2.94. The second-order valence-corrected chi connectivity index (χ2v) is 5.68. The summed E-state index contributed by atoms with van der Waals surface area (Å²) in [7, 11) is 3.24. The lowest BCUT2D eigenvalue weighted by Crippen LogP contribution is -2.37. The summed E-state index contributed by atoms with van der Waals surface area (Å²) in [5.41, 5.74) is 0.959. The summed E-state index contributed by atoms with van der Waals surface area (Å²) in [4.78, 5) is 12.9. The molecule has 0 radical (unpaired) electrons. The minimum Gasteiger partial charge on any atom is -0.497 e. The number of carbonyl (C=O) groups is 1. The first-order valence-corrected chi connectivity index (χ1v) is 7.81. The molecule has 22 heavy (non-hydrogen) atoms. The van der Waals surface area contributed by atoms with Crippen molar-refractivity contribution in [2.45, 2.75) is 12.6 Å². The molecule has 2 amide bonds. The molecule has 118 valence electrons. The highest BCUT2D eigenvalue weighted by Gasteiger charge is 2.12. The molecule has 0 unspecified atom stereocenters. The molecule has 1 aromatic carbocycles. The van der Waals surface area contributed by atoms with Crippen LogP contribution in [0.4, 0.5) is 4.79 Å². The molecule has 0 aliphatic carbocycles. The topological polar surface area (TPSA) is 59.6 Å². The first-order valence-electron chi connectivity index (χ1n) is 6.93. The van der Waals surface area contributed by atoms with Crippen molar-refractivity contribution in [1.29, 1.82) is 0 Å². The normalized spacial score (nSPS) is 11.7. The number of benzene rings is 1. The van der Waals surface area contributed by atoms with E-state index in [0.29, 0.717) is 13.1 Å². The van der Waals surface area contributed by atoms with Gasteiger partial charge in [-0.05, 0) is 29.1 Å². The number of hydrogen-bond donors (Lipinski definition) is 2.